The summed E-state index contributed by atoms with van der Waals surface area (Å²) in [5, 5.41) is 0. The predicted molar refractivity (Wildman–Crippen MR) is 81.4 cm³/mol. The highest BCUT2D eigenvalue weighted by molar-refractivity contribution is 5.50. The second kappa shape index (κ2) is 5.24. The van der Waals surface area contributed by atoms with Gasteiger partial charge in [-0.05, 0) is 46.7 Å². The standard InChI is InChI=1S/C16H25N3O/c1-13(2)20-15-9-14(10-17-11-15)19-8-6-16(12-19)5-4-7-18(16)3/h9-11,13H,4-8,12H2,1-3H3/t16-/m1/s1. The van der Waals surface area contributed by atoms with Crippen molar-refractivity contribution >= 4 is 5.69 Å². The first-order valence-electron chi connectivity index (χ1n) is 7.67. The monoisotopic (exact) mass is 275 g/mol. The number of ether oxygens (including phenoxy) is 1. The summed E-state index contributed by atoms with van der Waals surface area (Å²) in [4.78, 5) is 9.35. The smallest absolute Gasteiger partial charge is 0.140 e. The van der Waals surface area contributed by atoms with Crippen molar-refractivity contribution in [3.8, 4) is 5.75 Å². The Balaban J connectivity index is 1.74. The predicted octanol–water partition coefficient (Wildman–Crippen LogP) is 2.54. The van der Waals surface area contributed by atoms with E-state index in [1.807, 2.05) is 20.0 Å². The molecule has 0 saturated carbocycles. The zero-order valence-electron chi connectivity index (χ0n) is 12.8. The summed E-state index contributed by atoms with van der Waals surface area (Å²) < 4.78 is 5.75. The van der Waals surface area contributed by atoms with Gasteiger partial charge in [-0.3, -0.25) is 9.88 Å². The van der Waals surface area contributed by atoms with E-state index in [0.29, 0.717) is 5.54 Å². The zero-order chi connectivity index (χ0) is 14.2. The van der Waals surface area contributed by atoms with E-state index in [4.69, 9.17) is 4.74 Å². The maximum atomic E-state index is 5.75. The molecule has 0 aliphatic carbocycles. The van der Waals surface area contributed by atoms with Gasteiger partial charge in [-0.25, -0.2) is 0 Å². The fourth-order valence-corrected chi connectivity index (χ4v) is 3.58. The number of pyridine rings is 1. The average Bonchev–Trinajstić information content (AvgIpc) is 2.98. The molecule has 0 aromatic carbocycles. The molecule has 2 fully saturated rings. The van der Waals surface area contributed by atoms with Crippen molar-refractivity contribution < 1.29 is 4.74 Å². The van der Waals surface area contributed by atoms with Gasteiger partial charge in [0.2, 0.25) is 0 Å². The molecule has 3 heterocycles. The lowest BCUT2D eigenvalue weighted by Gasteiger charge is -2.32. The third-order valence-corrected chi connectivity index (χ3v) is 4.71. The van der Waals surface area contributed by atoms with Gasteiger partial charge < -0.3 is 9.64 Å². The first-order chi connectivity index (χ1) is 9.59. The van der Waals surface area contributed by atoms with Gasteiger partial charge in [0.25, 0.3) is 0 Å². The van der Waals surface area contributed by atoms with Crippen molar-refractivity contribution in [2.75, 3.05) is 31.6 Å². The van der Waals surface area contributed by atoms with Crippen LogP contribution in [0, 0.1) is 0 Å². The van der Waals surface area contributed by atoms with Gasteiger partial charge in [0.15, 0.2) is 0 Å². The largest absolute Gasteiger partial charge is 0.489 e. The molecule has 110 valence electrons. The zero-order valence-corrected chi connectivity index (χ0v) is 12.8. The van der Waals surface area contributed by atoms with Crippen LogP contribution in [0.2, 0.25) is 0 Å². The molecule has 0 amide bonds. The minimum absolute atomic E-state index is 0.193. The van der Waals surface area contributed by atoms with Crippen molar-refractivity contribution in [2.24, 2.45) is 0 Å². The molecule has 4 heteroatoms. The molecule has 2 aliphatic heterocycles. The van der Waals surface area contributed by atoms with Gasteiger partial charge in [-0.15, -0.1) is 0 Å². The molecule has 0 N–H and O–H groups in total. The number of aromatic nitrogens is 1. The van der Waals surface area contributed by atoms with E-state index in [1.54, 1.807) is 6.20 Å². The van der Waals surface area contributed by atoms with Crippen LogP contribution in [0.3, 0.4) is 0 Å². The van der Waals surface area contributed by atoms with Crippen LogP contribution >= 0.6 is 0 Å². The number of nitrogens with zero attached hydrogens (tertiary/aromatic N) is 3. The number of anilines is 1. The quantitative estimate of drug-likeness (QED) is 0.847. The maximum Gasteiger partial charge on any atom is 0.140 e. The van der Waals surface area contributed by atoms with E-state index in [-0.39, 0.29) is 6.10 Å². The fraction of sp³-hybridized carbons (Fsp3) is 0.688. The van der Waals surface area contributed by atoms with Crippen LogP contribution in [-0.4, -0.2) is 48.2 Å². The van der Waals surface area contributed by atoms with Gasteiger partial charge in [0, 0.05) is 24.7 Å². The minimum atomic E-state index is 0.193. The van der Waals surface area contributed by atoms with Crippen LogP contribution in [0.15, 0.2) is 18.5 Å². The lowest BCUT2D eigenvalue weighted by Crippen LogP contribution is -2.43. The highest BCUT2D eigenvalue weighted by Gasteiger charge is 2.44. The third-order valence-electron chi connectivity index (χ3n) is 4.71. The van der Waals surface area contributed by atoms with Crippen LogP contribution in [0.25, 0.3) is 0 Å². The average molecular weight is 275 g/mol. The summed E-state index contributed by atoms with van der Waals surface area (Å²) in [6.07, 6.45) is 7.88. The molecule has 3 rings (SSSR count). The van der Waals surface area contributed by atoms with Crippen LogP contribution < -0.4 is 9.64 Å². The minimum Gasteiger partial charge on any atom is -0.489 e. The Kier molecular flexibility index (Phi) is 3.59. The van der Waals surface area contributed by atoms with E-state index in [0.717, 1.165) is 18.8 Å². The van der Waals surface area contributed by atoms with Gasteiger partial charge >= 0.3 is 0 Å². The molecule has 1 spiro atoms. The Bertz CT molecular complexity index is 477. The lowest BCUT2D eigenvalue weighted by atomic mass is 9.96. The molecule has 2 aliphatic rings. The number of rotatable bonds is 3. The van der Waals surface area contributed by atoms with Crippen molar-refractivity contribution in [3.63, 3.8) is 0 Å². The number of hydrogen-bond acceptors (Lipinski definition) is 4. The van der Waals surface area contributed by atoms with Crippen molar-refractivity contribution in [3.05, 3.63) is 18.5 Å². The molecular formula is C16H25N3O. The third kappa shape index (κ3) is 2.49. The van der Waals surface area contributed by atoms with E-state index < -0.39 is 0 Å². The molecule has 0 bridgehead atoms. The van der Waals surface area contributed by atoms with Gasteiger partial charge in [-0.1, -0.05) is 0 Å². The number of hydrogen-bond donors (Lipinski definition) is 0. The normalized spacial score (nSPS) is 26.9. The molecule has 1 aromatic rings. The Morgan fingerprint density at radius 1 is 1.25 bits per heavy atom. The van der Waals surface area contributed by atoms with Gasteiger partial charge in [0.1, 0.15) is 5.75 Å². The topological polar surface area (TPSA) is 28.6 Å². The highest BCUT2D eigenvalue weighted by Crippen LogP contribution is 2.38. The second-order valence-corrected chi connectivity index (χ2v) is 6.47. The Morgan fingerprint density at radius 2 is 2.10 bits per heavy atom. The van der Waals surface area contributed by atoms with E-state index in [1.165, 1.54) is 31.5 Å². The van der Waals surface area contributed by atoms with E-state index in [9.17, 15) is 0 Å². The second-order valence-electron chi connectivity index (χ2n) is 6.47. The number of likely N-dealkylation sites (N-methyl/N-ethyl adjacent to an activating group) is 1. The summed E-state index contributed by atoms with van der Waals surface area (Å²) in [5.74, 6) is 0.873. The van der Waals surface area contributed by atoms with Crippen LogP contribution in [0.5, 0.6) is 5.75 Å². The Labute approximate surface area is 121 Å². The lowest BCUT2D eigenvalue weighted by molar-refractivity contribution is 0.198. The molecule has 2 saturated heterocycles. The van der Waals surface area contributed by atoms with Crippen molar-refractivity contribution in [1.29, 1.82) is 0 Å². The molecule has 20 heavy (non-hydrogen) atoms. The molecular weight excluding hydrogens is 250 g/mol. The Morgan fingerprint density at radius 3 is 2.80 bits per heavy atom. The van der Waals surface area contributed by atoms with E-state index in [2.05, 4.69) is 27.9 Å². The van der Waals surface area contributed by atoms with Crippen LogP contribution in [0.1, 0.15) is 33.1 Å². The van der Waals surface area contributed by atoms with Crippen LogP contribution in [-0.2, 0) is 0 Å². The van der Waals surface area contributed by atoms with Crippen LogP contribution in [0.4, 0.5) is 5.69 Å². The summed E-state index contributed by atoms with van der Waals surface area (Å²) in [7, 11) is 2.27. The summed E-state index contributed by atoms with van der Waals surface area (Å²) in [5.41, 5.74) is 1.59. The first-order valence-corrected chi connectivity index (χ1v) is 7.67. The molecule has 4 nitrogen and oxygen atoms in total. The van der Waals surface area contributed by atoms with Gasteiger partial charge in [-0.2, -0.15) is 0 Å². The summed E-state index contributed by atoms with van der Waals surface area (Å²) in [6.45, 7) is 7.58. The Hall–Kier alpha value is -1.29. The molecule has 1 aromatic heterocycles. The van der Waals surface area contributed by atoms with E-state index >= 15 is 0 Å². The highest BCUT2D eigenvalue weighted by atomic mass is 16.5. The first kappa shape index (κ1) is 13.7. The fourth-order valence-electron chi connectivity index (χ4n) is 3.58. The maximum absolute atomic E-state index is 5.75. The van der Waals surface area contributed by atoms with Crippen molar-refractivity contribution in [1.82, 2.24) is 9.88 Å². The summed E-state index contributed by atoms with van der Waals surface area (Å²) in [6, 6.07) is 2.13. The molecule has 0 unspecified atom stereocenters. The molecule has 1 atom stereocenters. The van der Waals surface area contributed by atoms with Crippen molar-refractivity contribution in [2.45, 2.75) is 44.8 Å². The van der Waals surface area contributed by atoms with Gasteiger partial charge in [0.05, 0.1) is 24.2 Å². The SMILES string of the molecule is CC(C)Oc1cncc(N2CC[C@]3(CCCN3C)C2)c1. The number of likely N-dealkylation sites (tertiary alicyclic amines) is 1. The summed E-state index contributed by atoms with van der Waals surface area (Å²) >= 11 is 0. The molecule has 0 radical (unpaired) electrons.